The Bertz CT molecular complexity index is 973. The van der Waals surface area contributed by atoms with E-state index in [4.69, 9.17) is 4.74 Å². The molecule has 2 aromatic rings. The Kier molecular flexibility index (Phi) is 6.77. The summed E-state index contributed by atoms with van der Waals surface area (Å²) in [4.78, 5) is 25.6. The van der Waals surface area contributed by atoms with Crippen LogP contribution in [-0.2, 0) is 9.53 Å². The number of rotatable bonds is 5. The van der Waals surface area contributed by atoms with Gasteiger partial charge in [-0.1, -0.05) is 6.07 Å². The third-order valence-corrected chi connectivity index (χ3v) is 5.50. The molecule has 2 rings (SSSR count). The van der Waals surface area contributed by atoms with E-state index < -0.39 is 11.9 Å². The lowest BCUT2D eigenvalue weighted by molar-refractivity contribution is -0.112. The molecule has 0 aliphatic carbocycles. The summed E-state index contributed by atoms with van der Waals surface area (Å²) in [6.45, 7) is 5.55. The second kappa shape index (κ2) is 8.84. The quantitative estimate of drug-likeness (QED) is 0.396. The summed E-state index contributed by atoms with van der Waals surface area (Å²) in [5.41, 5.74) is 1.47. The van der Waals surface area contributed by atoms with Crippen molar-refractivity contribution in [3.8, 4) is 11.8 Å². The van der Waals surface area contributed by atoms with Crippen molar-refractivity contribution in [1.29, 1.82) is 5.26 Å². The van der Waals surface area contributed by atoms with Crippen LogP contribution >= 0.6 is 27.3 Å². The lowest BCUT2D eigenvalue weighted by atomic mass is 10.1. The standard InChI is InChI=1S/C19H17BrN2O4S/c1-4-26-19(25)16-10(2)11(3)27-18(16)22-17(24)13(9-21)7-12-5-6-15(23)14(20)8-12/h5-8,23H,4H2,1-3H3,(H,22,24)/b13-7+. The van der Waals surface area contributed by atoms with Crippen LogP contribution < -0.4 is 5.32 Å². The number of thiophene rings is 1. The molecule has 1 aromatic heterocycles. The molecule has 1 aromatic carbocycles. The Hall–Kier alpha value is -2.63. The number of hydrogen-bond donors (Lipinski definition) is 2. The lowest BCUT2D eigenvalue weighted by Gasteiger charge is -2.07. The predicted octanol–water partition coefficient (Wildman–Crippen LogP) is 4.56. The molecule has 140 valence electrons. The van der Waals surface area contributed by atoms with E-state index in [9.17, 15) is 20.0 Å². The number of esters is 1. The molecule has 0 atom stereocenters. The number of carbonyl (C=O) groups is 2. The van der Waals surface area contributed by atoms with Crippen molar-refractivity contribution in [2.45, 2.75) is 20.8 Å². The van der Waals surface area contributed by atoms with E-state index >= 15 is 0 Å². The smallest absolute Gasteiger partial charge is 0.341 e. The fraction of sp³-hybridized carbons (Fsp3) is 0.211. The summed E-state index contributed by atoms with van der Waals surface area (Å²) in [6, 6.07) is 6.48. The van der Waals surface area contributed by atoms with E-state index in [1.165, 1.54) is 23.5 Å². The van der Waals surface area contributed by atoms with Crippen LogP contribution in [-0.4, -0.2) is 23.6 Å². The number of benzene rings is 1. The van der Waals surface area contributed by atoms with Crippen molar-refractivity contribution >= 4 is 50.2 Å². The number of anilines is 1. The maximum atomic E-state index is 12.5. The van der Waals surface area contributed by atoms with Crippen LogP contribution in [0.4, 0.5) is 5.00 Å². The SMILES string of the molecule is CCOC(=O)c1c(NC(=O)/C(C#N)=C/c2ccc(O)c(Br)c2)sc(C)c1C. The van der Waals surface area contributed by atoms with Crippen LogP contribution in [0.3, 0.4) is 0 Å². The highest BCUT2D eigenvalue weighted by Crippen LogP contribution is 2.33. The first-order chi connectivity index (χ1) is 12.8. The minimum Gasteiger partial charge on any atom is -0.507 e. The Labute approximate surface area is 169 Å². The van der Waals surface area contributed by atoms with Crippen LogP contribution in [0.15, 0.2) is 28.2 Å². The summed E-state index contributed by atoms with van der Waals surface area (Å²) >= 11 is 4.44. The van der Waals surface area contributed by atoms with Gasteiger partial charge in [0, 0.05) is 4.88 Å². The topological polar surface area (TPSA) is 99.4 Å². The maximum absolute atomic E-state index is 12.5. The number of amides is 1. The summed E-state index contributed by atoms with van der Waals surface area (Å²) in [6.07, 6.45) is 1.40. The highest BCUT2D eigenvalue weighted by Gasteiger charge is 2.23. The molecule has 6 nitrogen and oxygen atoms in total. The van der Waals surface area contributed by atoms with Crippen molar-refractivity contribution in [3.05, 3.63) is 49.8 Å². The van der Waals surface area contributed by atoms with Crippen molar-refractivity contribution in [1.82, 2.24) is 0 Å². The van der Waals surface area contributed by atoms with Crippen molar-refractivity contribution < 1.29 is 19.4 Å². The molecule has 2 N–H and O–H groups in total. The van der Waals surface area contributed by atoms with Gasteiger partial charge in [0.2, 0.25) is 0 Å². The van der Waals surface area contributed by atoms with E-state index in [1.807, 2.05) is 13.0 Å². The van der Waals surface area contributed by atoms with Crippen molar-refractivity contribution in [2.24, 2.45) is 0 Å². The molecule has 0 saturated carbocycles. The summed E-state index contributed by atoms with van der Waals surface area (Å²) < 4.78 is 5.51. The van der Waals surface area contributed by atoms with Crippen LogP contribution in [0.1, 0.15) is 33.3 Å². The fourth-order valence-electron chi connectivity index (χ4n) is 2.26. The van der Waals surface area contributed by atoms with Gasteiger partial charge in [0.1, 0.15) is 22.4 Å². The third-order valence-electron chi connectivity index (χ3n) is 3.74. The van der Waals surface area contributed by atoms with Gasteiger partial charge in [0.05, 0.1) is 16.6 Å². The van der Waals surface area contributed by atoms with Crippen LogP contribution in [0.2, 0.25) is 0 Å². The number of hydrogen-bond acceptors (Lipinski definition) is 6. The highest BCUT2D eigenvalue weighted by atomic mass is 79.9. The molecule has 1 amide bonds. The average molecular weight is 449 g/mol. The van der Waals surface area contributed by atoms with E-state index in [2.05, 4.69) is 21.2 Å². The first kappa shape index (κ1) is 20.7. The average Bonchev–Trinajstić information content (AvgIpc) is 2.89. The van der Waals surface area contributed by atoms with Gasteiger partial charge in [-0.15, -0.1) is 11.3 Å². The molecule has 0 aliphatic heterocycles. The minimum absolute atomic E-state index is 0.0544. The highest BCUT2D eigenvalue weighted by molar-refractivity contribution is 9.10. The third kappa shape index (κ3) is 4.76. The van der Waals surface area contributed by atoms with Crippen LogP contribution in [0.5, 0.6) is 5.75 Å². The van der Waals surface area contributed by atoms with Gasteiger partial charge >= 0.3 is 5.97 Å². The number of phenolic OH excluding ortho intramolecular Hbond substituents is 1. The zero-order valence-electron chi connectivity index (χ0n) is 14.9. The number of nitriles is 1. The molecule has 0 radical (unpaired) electrons. The normalized spacial score (nSPS) is 11.0. The molecule has 0 fully saturated rings. The lowest BCUT2D eigenvalue weighted by Crippen LogP contribution is -2.16. The Morgan fingerprint density at radius 3 is 2.70 bits per heavy atom. The van der Waals surface area contributed by atoms with Crippen LogP contribution in [0, 0.1) is 25.2 Å². The molecule has 0 bridgehead atoms. The van der Waals surface area contributed by atoms with Gasteiger partial charge in [0.15, 0.2) is 0 Å². The number of halogens is 1. The minimum atomic E-state index is -0.631. The molecule has 0 aliphatic rings. The summed E-state index contributed by atoms with van der Waals surface area (Å²) in [5, 5.41) is 21.9. The largest absolute Gasteiger partial charge is 0.507 e. The molecular weight excluding hydrogens is 432 g/mol. The predicted molar refractivity (Wildman–Crippen MR) is 108 cm³/mol. The van der Waals surface area contributed by atoms with Crippen molar-refractivity contribution in [2.75, 3.05) is 11.9 Å². The summed E-state index contributed by atoms with van der Waals surface area (Å²) in [5.74, 6) is -1.09. The molecule has 1 heterocycles. The van der Waals surface area contributed by atoms with Crippen molar-refractivity contribution in [3.63, 3.8) is 0 Å². The number of aryl methyl sites for hydroxylation is 1. The monoisotopic (exact) mass is 448 g/mol. The first-order valence-electron chi connectivity index (χ1n) is 7.97. The number of ether oxygens (including phenoxy) is 1. The zero-order valence-corrected chi connectivity index (χ0v) is 17.3. The second-order valence-electron chi connectivity index (χ2n) is 5.54. The number of carbonyl (C=O) groups excluding carboxylic acids is 2. The van der Waals surface area contributed by atoms with Crippen LogP contribution in [0.25, 0.3) is 6.08 Å². The van der Waals surface area contributed by atoms with Gasteiger partial charge in [-0.25, -0.2) is 4.79 Å². The van der Waals surface area contributed by atoms with E-state index in [0.717, 1.165) is 10.4 Å². The van der Waals surface area contributed by atoms with Gasteiger partial charge in [-0.2, -0.15) is 5.26 Å². The summed E-state index contributed by atoms with van der Waals surface area (Å²) in [7, 11) is 0. The molecule has 0 saturated heterocycles. The fourth-order valence-corrected chi connectivity index (χ4v) is 3.70. The van der Waals surface area contributed by atoms with Gasteiger partial charge in [-0.3, -0.25) is 4.79 Å². The molecular formula is C19H17BrN2O4S. The van der Waals surface area contributed by atoms with Gasteiger partial charge in [-0.05, 0) is 66.0 Å². The molecule has 8 heteroatoms. The molecule has 0 unspecified atom stereocenters. The second-order valence-corrected chi connectivity index (χ2v) is 7.62. The Morgan fingerprint density at radius 2 is 2.11 bits per heavy atom. The zero-order chi connectivity index (χ0) is 20.1. The van der Waals surface area contributed by atoms with E-state index in [0.29, 0.717) is 20.6 Å². The number of nitrogens with zero attached hydrogens (tertiary/aromatic N) is 1. The Morgan fingerprint density at radius 1 is 1.41 bits per heavy atom. The van der Waals surface area contributed by atoms with E-state index in [1.54, 1.807) is 26.0 Å². The van der Waals surface area contributed by atoms with Gasteiger partial charge < -0.3 is 15.2 Å². The molecule has 27 heavy (non-hydrogen) atoms. The maximum Gasteiger partial charge on any atom is 0.341 e. The van der Waals surface area contributed by atoms with Gasteiger partial charge in [0.25, 0.3) is 5.91 Å². The van der Waals surface area contributed by atoms with E-state index in [-0.39, 0.29) is 17.9 Å². The Balaban J connectivity index is 2.34. The first-order valence-corrected chi connectivity index (χ1v) is 9.58. The number of aromatic hydroxyl groups is 1. The molecule has 0 spiro atoms. The number of nitrogens with one attached hydrogen (secondary N) is 1. The number of phenols is 1.